The second-order valence-corrected chi connectivity index (χ2v) is 6.31. The average molecular weight is 265 g/mol. The molecule has 0 spiro atoms. The highest BCUT2D eigenvalue weighted by Gasteiger charge is 2.16. The van der Waals surface area contributed by atoms with Crippen molar-refractivity contribution >= 4 is 11.8 Å². The Balaban J connectivity index is 2.60. The van der Waals surface area contributed by atoms with E-state index < -0.39 is 17.3 Å². The first-order valence-electron chi connectivity index (χ1n) is 6.36. The van der Waals surface area contributed by atoms with E-state index in [1.54, 1.807) is 26.0 Å². The minimum atomic E-state index is -0.736. The van der Waals surface area contributed by atoms with E-state index in [4.69, 9.17) is 4.74 Å². The van der Waals surface area contributed by atoms with E-state index in [1.807, 2.05) is 32.9 Å². The molecule has 0 unspecified atom stereocenters. The van der Waals surface area contributed by atoms with E-state index in [0.29, 0.717) is 12.1 Å². The number of hydrogen-bond acceptors (Lipinski definition) is 3. The van der Waals surface area contributed by atoms with Gasteiger partial charge >= 0.3 is 6.09 Å². The van der Waals surface area contributed by atoms with Crippen molar-refractivity contribution in [3.63, 3.8) is 0 Å². The van der Waals surface area contributed by atoms with Crippen molar-refractivity contribution in [1.29, 1.82) is 0 Å². The van der Waals surface area contributed by atoms with Crippen molar-refractivity contribution < 1.29 is 14.6 Å². The van der Waals surface area contributed by atoms with E-state index in [9.17, 15) is 9.90 Å². The highest BCUT2D eigenvalue weighted by atomic mass is 16.6. The SMILES string of the molecule is CC(C)(O)Cc1ccc(NC(=O)OC(C)(C)C)cc1. The number of hydrogen-bond donors (Lipinski definition) is 2. The smallest absolute Gasteiger partial charge is 0.412 e. The Kier molecular flexibility index (Phi) is 4.58. The topological polar surface area (TPSA) is 58.6 Å². The van der Waals surface area contributed by atoms with Crippen molar-refractivity contribution in [1.82, 2.24) is 0 Å². The molecule has 0 fully saturated rings. The maximum absolute atomic E-state index is 11.6. The molecule has 0 saturated carbocycles. The molecular weight excluding hydrogens is 242 g/mol. The molecule has 19 heavy (non-hydrogen) atoms. The molecule has 0 heterocycles. The summed E-state index contributed by atoms with van der Waals surface area (Å²) < 4.78 is 5.16. The van der Waals surface area contributed by atoms with Crippen molar-refractivity contribution in [2.24, 2.45) is 0 Å². The maximum atomic E-state index is 11.6. The fraction of sp³-hybridized carbons (Fsp3) is 0.533. The highest BCUT2D eigenvalue weighted by molar-refractivity contribution is 5.84. The zero-order valence-electron chi connectivity index (χ0n) is 12.3. The summed E-state index contributed by atoms with van der Waals surface area (Å²) in [5.74, 6) is 0. The first kappa shape index (κ1) is 15.5. The van der Waals surface area contributed by atoms with Gasteiger partial charge in [0.05, 0.1) is 5.60 Å². The van der Waals surface area contributed by atoms with Crippen LogP contribution < -0.4 is 5.32 Å². The summed E-state index contributed by atoms with van der Waals surface area (Å²) in [6, 6.07) is 7.35. The number of rotatable bonds is 3. The van der Waals surface area contributed by atoms with Gasteiger partial charge in [-0.3, -0.25) is 5.32 Å². The highest BCUT2D eigenvalue weighted by Crippen LogP contribution is 2.16. The Labute approximate surface area is 114 Å². The maximum Gasteiger partial charge on any atom is 0.412 e. The number of benzene rings is 1. The average Bonchev–Trinajstić information content (AvgIpc) is 2.15. The monoisotopic (exact) mass is 265 g/mol. The fourth-order valence-corrected chi connectivity index (χ4v) is 1.63. The molecule has 0 bridgehead atoms. The van der Waals surface area contributed by atoms with Crippen LogP contribution in [0.5, 0.6) is 0 Å². The van der Waals surface area contributed by atoms with Gasteiger partial charge in [-0.15, -0.1) is 0 Å². The van der Waals surface area contributed by atoms with E-state index in [1.165, 1.54) is 0 Å². The number of nitrogens with one attached hydrogen (secondary N) is 1. The molecule has 0 aliphatic heterocycles. The summed E-state index contributed by atoms with van der Waals surface area (Å²) in [6.07, 6.45) is 0.0995. The molecular formula is C15H23NO3. The zero-order chi connectivity index (χ0) is 14.7. The predicted molar refractivity (Wildman–Crippen MR) is 76.3 cm³/mol. The van der Waals surface area contributed by atoms with Crippen LogP contribution >= 0.6 is 0 Å². The van der Waals surface area contributed by atoms with Gasteiger partial charge in [-0.1, -0.05) is 12.1 Å². The lowest BCUT2D eigenvalue weighted by Crippen LogP contribution is -2.27. The van der Waals surface area contributed by atoms with Gasteiger partial charge in [0.2, 0.25) is 0 Å². The standard InChI is InChI=1S/C15H23NO3/c1-14(2,3)19-13(17)16-12-8-6-11(7-9-12)10-15(4,5)18/h6-9,18H,10H2,1-5H3,(H,16,17). The summed E-state index contributed by atoms with van der Waals surface area (Å²) in [5, 5.41) is 12.4. The van der Waals surface area contributed by atoms with Crippen LogP contribution in [0.25, 0.3) is 0 Å². The molecule has 4 heteroatoms. The second-order valence-electron chi connectivity index (χ2n) is 6.31. The van der Waals surface area contributed by atoms with Gasteiger partial charge in [-0.2, -0.15) is 0 Å². The van der Waals surface area contributed by atoms with Crippen molar-refractivity contribution in [2.75, 3.05) is 5.32 Å². The van der Waals surface area contributed by atoms with Gasteiger partial charge < -0.3 is 9.84 Å². The summed E-state index contributed by atoms with van der Waals surface area (Å²) in [6.45, 7) is 8.98. The van der Waals surface area contributed by atoms with Crippen molar-refractivity contribution in [2.45, 2.75) is 52.2 Å². The fourth-order valence-electron chi connectivity index (χ4n) is 1.63. The molecule has 0 radical (unpaired) electrons. The molecule has 1 rings (SSSR count). The lowest BCUT2D eigenvalue weighted by atomic mass is 9.99. The van der Waals surface area contributed by atoms with Gasteiger partial charge in [-0.25, -0.2) is 4.79 Å². The third-order valence-electron chi connectivity index (χ3n) is 2.24. The Bertz CT molecular complexity index is 424. The van der Waals surface area contributed by atoms with Crippen LogP contribution in [-0.2, 0) is 11.2 Å². The summed E-state index contributed by atoms with van der Waals surface area (Å²) in [7, 11) is 0. The third-order valence-corrected chi connectivity index (χ3v) is 2.24. The van der Waals surface area contributed by atoms with Crippen LogP contribution in [0, 0.1) is 0 Å². The van der Waals surface area contributed by atoms with Crippen molar-refractivity contribution in [3.8, 4) is 0 Å². The van der Waals surface area contributed by atoms with Crippen LogP contribution in [0.4, 0.5) is 10.5 Å². The van der Waals surface area contributed by atoms with Gasteiger partial charge in [-0.05, 0) is 52.3 Å². The predicted octanol–water partition coefficient (Wildman–Crippen LogP) is 3.35. The second kappa shape index (κ2) is 5.61. The molecule has 1 aromatic rings. The number of ether oxygens (including phenoxy) is 1. The molecule has 1 aromatic carbocycles. The number of anilines is 1. The normalized spacial score (nSPS) is 12.1. The molecule has 0 aliphatic carbocycles. The largest absolute Gasteiger partial charge is 0.444 e. The molecule has 1 amide bonds. The van der Waals surface area contributed by atoms with Crippen LogP contribution in [0.1, 0.15) is 40.2 Å². The Hall–Kier alpha value is -1.55. The quantitative estimate of drug-likeness (QED) is 0.881. The van der Waals surface area contributed by atoms with Crippen LogP contribution in [-0.4, -0.2) is 22.4 Å². The number of carbonyl (C=O) groups excluding carboxylic acids is 1. The Morgan fingerprint density at radius 2 is 1.68 bits per heavy atom. The lowest BCUT2D eigenvalue weighted by molar-refractivity contribution is 0.0635. The molecule has 0 aliphatic rings. The molecule has 0 saturated heterocycles. The van der Waals surface area contributed by atoms with Crippen LogP contribution in [0.15, 0.2) is 24.3 Å². The van der Waals surface area contributed by atoms with Gasteiger partial charge in [0.15, 0.2) is 0 Å². The zero-order valence-corrected chi connectivity index (χ0v) is 12.3. The third kappa shape index (κ3) is 6.82. The minimum Gasteiger partial charge on any atom is -0.444 e. The molecule has 2 N–H and O–H groups in total. The van der Waals surface area contributed by atoms with E-state index >= 15 is 0 Å². The van der Waals surface area contributed by atoms with Gasteiger partial charge in [0, 0.05) is 12.1 Å². The van der Waals surface area contributed by atoms with Crippen molar-refractivity contribution in [3.05, 3.63) is 29.8 Å². The van der Waals surface area contributed by atoms with Crippen LogP contribution in [0.3, 0.4) is 0 Å². The minimum absolute atomic E-state index is 0.470. The van der Waals surface area contributed by atoms with Gasteiger partial charge in [0.25, 0.3) is 0 Å². The van der Waals surface area contributed by atoms with Crippen LogP contribution in [0.2, 0.25) is 0 Å². The van der Waals surface area contributed by atoms with Gasteiger partial charge in [0.1, 0.15) is 5.60 Å². The van der Waals surface area contributed by atoms with E-state index in [2.05, 4.69) is 5.32 Å². The summed E-state index contributed by atoms with van der Waals surface area (Å²) in [4.78, 5) is 11.6. The summed E-state index contributed by atoms with van der Waals surface area (Å²) in [5.41, 5.74) is 0.446. The number of aliphatic hydroxyl groups is 1. The van der Waals surface area contributed by atoms with E-state index in [0.717, 1.165) is 5.56 Å². The number of amides is 1. The molecule has 4 nitrogen and oxygen atoms in total. The van der Waals surface area contributed by atoms with E-state index in [-0.39, 0.29) is 0 Å². The first-order chi connectivity index (χ1) is 8.55. The Morgan fingerprint density at radius 3 is 2.11 bits per heavy atom. The molecule has 0 atom stereocenters. The molecule has 106 valence electrons. The summed E-state index contributed by atoms with van der Waals surface area (Å²) >= 11 is 0. The number of carbonyl (C=O) groups is 1. The lowest BCUT2D eigenvalue weighted by Gasteiger charge is -2.20. The molecule has 0 aromatic heterocycles. The Morgan fingerprint density at radius 1 is 1.16 bits per heavy atom. The first-order valence-corrected chi connectivity index (χ1v) is 6.36.